The van der Waals surface area contributed by atoms with E-state index < -0.39 is 5.79 Å². The predicted molar refractivity (Wildman–Crippen MR) is 128 cm³/mol. The number of piperidine rings is 1. The molecule has 0 bridgehead atoms. The summed E-state index contributed by atoms with van der Waals surface area (Å²) in [6, 6.07) is 6.22. The number of piperazine rings is 1. The number of fused-ring (bicyclic) bond motifs is 1. The molecule has 0 unspecified atom stereocenters. The average molecular weight is 465 g/mol. The monoisotopic (exact) mass is 464 g/mol. The molecule has 1 saturated carbocycles. The summed E-state index contributed by atoms with van der Waals surface area (Å²) < 4.78 is 11.9. The SMILES string of the molecule is Cc1ccc2ncc(C(=O)N3CCN(C(=O)C4CC4)CC3)c(N3CCC4(CC3)OCCO4)c2c1. The Balaban J connectivity index is 1.28. The summed E-state index contributed by atoms with van der Waals surface area (Å²) in [5.41, 5.74) is 3.64. The van der Waals surface area contributed by atoms with E-state index in [9.17, 15) is 9.59 Å². The average Bonchev–Trinajstić information content (AvgIpc) is 3.63. The molecule has 0 atom stereocenters. The number of aryl methyl sites for hydroxylation is 1. The van der Waals surface area contributed by atoms with Gasteiger partial charge >= 0.3 is 0 Å². The number of benzene rings is 1. The fraction of sp³-hybridized carbons (Fsp3) is 0.577. The molecule has 1 spiro atoms. The van der Waals surface area contributed by atoms with Gasteiger partial charge in [0.2, 0.25) is 5.91 Å². The molecule has 1 aliphatic carbocycles. The molecule has 4 aliphatic rings. The molecule has 3 saturated heterocycles. The van der Waals surface area contributed by atoms with Crippen molar-refractivity contribution in [3.05, 3.63) is 35.5 Å². The number of rotatable bonds is 3. The summed E-state index contributed by atoms with van der Waals surface area (Å²) in [6.07, 6.45) is 5.31. The van der Waals surface area contributed by atoms with Gasteiger partial charge in [0.15, 0.2) is 5.79 Å². The molecule has 4 heterocycles. The standard InChI is InChI=1S/C26H32N4O4/c1-18-2-5-22-20(16-18)23(28-8-6-26(7-9-28)33-14-15-34-26)21(17-27-22)25(32)30-12-10-29(11-13-30)24(31)19-3-4-19/h2,5,16-17,19H,3-4,6-15H2,1H3. The third kappa shape index (κ3) is 3.92. The maximum absolute atomic E-state index is 13.8. The number of hydrogen-bond acceptors (Lipinski definition) is 6. The highest BCUT2D eigenvalue weighted by molar-refractivity contribution is 6.07. The highest BCUT2D eigenvalue weighted by Gasteiger charge is 2.41. The van der Waals surface area contributed by atoms with E-state index in [0.717, 1.165) is 60.9 Å². The normalized spacial score (nSPS) is 22.6. The van der Waals surface area contributed by atoms with Crippen LogP contribution in [0.3, 0.4) is 0 Å². The van der Waals surface area contributed by atoms with Gasteiger partial charge in [-0.1, -0.05) is 11.6 Å². The minimum absolute atomic E-state index is 0.00178. The van der Waals surface area contributed by atoms with Gasteiger partial charge in [0, 0.05) is 69.6 Å². The Morgan fingerprint density at radius 3 is 2.32 bits per heavy atom. The van der Waals surface area contributed by atoms with Gasteiger partial charge in [-0.15, -0.1) is 0 Å². The van der Waals surface area contributed by atoms with Crippen LogP contribution in [0, 0.1) is 12.8 Å². The van der Waals surface area contributed by atoms with Gasteiger partial charge in [-0.25, -0.2) is 0 Å². The van der Waals surface area contributed by atoms with Crippen molar-refractivity contribution in [3.8, 4) is 0 Å². The Hall–Kier alpha value is -2.71. The molecule has 1 aromatic heterocycles. The van der Waals surface area contributed by atoms with Crippen molar-refractivity contribution in [2.75, 3.05) is 57.4 Å². The second kappa shape index (κ2) is 8.50. The molecule has 2 amide bonds. The summed E-state index contributed by atoms with van der Waals surface area (Å²) in [5.74, 6) is 0.00781. The molecule has 180 valence electrons. The molecule has 34 heavy (non-hydrogen) atoms. The van der Waals surface area contributed by atoms with Gasteiger partial charge in [0.05, 0.1) is 30.0 Å². The van der Waals surface area contributed by atoms with Crippen LogP contribution in [-0.4, -0.2) is 84.9 Å². The van der Waals surface area contributed by atoms with Crippen LogP contribution >= 0.6 is 0 Å². The first-order valence-electron chi connectivity index (χ1n) is 12.5. The van der Waals surface area contributed by atoms with Gasteiger partial charge < -0.3 is 24.2 Å². The minimum Gasteiger partial charge on any atom is -0.370 e. The quantitative estimate of drug-likeness (QED) is 0.695. The number of carbonyl (C=O) groups excluding carboxylic acids is 2. The second-order valence-corrected chi connectivity index (χ2v) is 10.0. The highest BCUT2D eigenvalue weighted by atomic mass is 16.7. The molecule has 3 aliphatic heterocycles. The van der Waals surface area contributed by atoms with E-state index in [0.29, 0.717) is 45.0 Å². The largest absolute Gasteiger partial charge is 0.370 e. The number of aromatic nitrogens is 1. The van der Waals surface area contributed by atoms with Crippen molar-refractivity contribution in [1.82, 2.24) is 14.8 Å². The summed E-state index contributed by atoms with van der Waals surface area (Å²) in [5, 5.41) is 1.01. The lowest BCUT2D eigenvalue weighted by molar-refractivity contribution is -0.169. The highest BCUT2D eigenvalue weighted by Crippen LogP contribution is 2.38. The molecule has 1 aromatic carbocycles. The summed E-state index contributed by atoms with van der Waals surface area (Å²) in [7, 11) is 0. The van der Waals surface area contributed by atoms with Crippen molar-refractivity contribution in [3.63, 3.8) is 0 Å². The zero-order valence-electron chi connectivity index (χ0n) is 19.8. The first-order valence-corrected chi connectivity index (χ1v) is 12.5. The third-order valence-corrected chi connectivity index (χ3v) is 7.69. The molecule has 0 N–H and O–H groups in total. The molecular weight excluding hydrogens is 432 g/mol. The lowest BCUT2D eigenvalue weighted by Gasteiger charge is -2.40. The number of carbonyl (C=O) groups is 2. The van der Waals surface area contributed by atoms with Crippen LogP contribution in [0.4, 0.5) is 5.69 Å². The van der Waals surface area contributed by atoms with Crippen LogP contribution < -0.4 is 4.90 Å². The smallest absolute Gasteiger partial charge is 0.257 e. The third-order valence-electron chi connectivity index (χ3n) is 7.69. The molecule has 8 nitrogen and oxygen atoms in total. The number of hydrogen-bond donors (Lipinski definition) is 0. The minimum atomic E-state index is -0.468. The van der Waals surface area contributed by atoms with Crippen LogP contribution in [0.1, 0.15) is 41.6 Å². The fourth-order valence-corrected chi connectivity index (χ4v) is 5.54. The fourth-order valence-electron chi connectivity index (χ4n) is 5.54. The van der Waals surface area contributed by atoms with E-state index in [1.807, 2.05) is 15.9 Å². The van der Waals surface area contributed by atoms with Gasteiger partial charge in [-0.2, -0.15) is 0 Å². The van der Waals surface area contributed by atoms with Crippen molar-refractivity contribution < 1.29 is 19.1 Å². The maximum Gasteiger partial charge on any atom is 0.257 e. The zero-order valence-corrected chi connectivity index (χ0v) is 19.8. The van der Waals surface area contributed by atoms with Crippen molar-refractivity contribution in [2.45, 2.75) is 38.4 Å². The van der Waals surface area contributed by atoms with Gasteiger partial charge in [-0.05, 0) is 31.9 Å². The first-order chi connectivity index (χ1) is 16.5. The van der Waals surface area contributed by atoms with E-state index in [-0.39, 0.29) is 17.7 Å². The lowest BCUT2D eigenvalue weighted by Crippen LogP contribution is -2.51. The van der Waals surface area contributed by atoms with Crippen LogP contribution in [-0.2, 0) is 14.3 Å². The Bertz CT molecular complexity index is 1110. The second-order valence-electron chi connectivity index (χ2n) is 10.0. The van der Waals surface area contributed by atoms with Crippen LogP contribution in [0.5, 0.6) is 0 Å². The van der Waals surface area contributed by atoms with Crippen LogP contribution in [0.15, 0.2) is 24.4 Å². The summed E-state index contributed by atoms with van der Waals surface area (Å²) in [6.45, 7) is 7.23. The van der Waals surface area contributed by atoms with Crippen molar-refractivity contribution >= 4 is 28.4 Å². The maximum atomic E-state index is 13.8. The van der Waals surface area contributed by atoms with E-state index in [1.165, 1.54) is 0 Å². The molecule has 4 fully saturated rings. The topological polar surface area (TPSA) is 75.2 Å². The molecular formula is C26H32N4O4. The van der Waals surface area contributed by atoms with E-state index in [2.05, 4.69) is 28.9 Å². The zero-order chi connectivity index (χ0) is 23.3. The predicted octanol–water partition coefficient (Wildman–Crippen LogP) is 2.58. The molecule has 0 radical (unpaired) electrons. The van der Waals surface area contributed by atoms with E-state index in [1.54, 1.807) is 6.20 Å². The number of ether oxygens (including phenoxy) is 2. The van der Waals surface area contributed by atoms with E-state index in [4.69, 9.17) is 9.47 Å². The Morgan fingerprint density at radius 1 is 0.971 bits per heavy atom. The Morgan fingerprint density at radius 2 is 1.65 bits per heavy atom. The Labute approximate surface area is 199 Å². The van der Waals surface area contributed by atoms with Crippen molar-refractivity contribution in [1.29, 1.82) is 0 Å². The van der Waals surface area contributed by atoms with E-state index >= 15 is 0 Å². The van der Waals surface area contributed by atoms with Crippen LogP contribution in [0.25, 0.3) is 10.9 Å². The summed E-state index contributed by atoms with van der Waals surface area (Å²) in [4.78, 5) is 37.0. The number of amides is 2. The van der Waals surface area contributed by atoms with Gasteiger partial charge in [0.1, 0.15) is 0 Å². The first kappa shape index (κ1) is 21.8. The number of pyridine rings is 1. The summed E-state index contributed by atoms with van der Waals surface area (Å²) >= 11 is 0. The Kier molecular flexibility index (Phi) is 5.45. The van der Waals surface area contributed by atoms with Crippen LogP contribution in [0.2, 0.25) is 0 Å². The van der Waals surface area contributed by atoms with Gasteiger partial charge in [-0.3, -0.25) is 14.6 Å². The number of anilines is 1. The molecule has 2 aromatic rings. The van der Waals surface area contributed by atoms with Gasteiger partial charge in [0.25, 0.3) is 5.91 Å². The molecule has 8 heteroatoms. The molecule has 6 rings (SSSR count). The lowest BCUT2D eigenvalue weighted by atomic mass is 9.99. The van der Waals surface area contributed by atoms with Crippen molar-refractivity contribution in [2.24, 2.45) is 5.92 Å². The number of nitrogens with zero attached hydrogens (tertiary/aromatic N) is 4.